The number of carboxylic acid groups (broad SMARTS) is 1. The third-order valence-electron chi connectivity index (χ3n) is 10.3. The summed E-state index contributed by atoms with van der Waals surface area (Å²) >= 11 is 0. The van der Waals surface area contributed by atoms with Gasteiger partial charge < -0.3 is 24.8 Å². The highest BCUT2D eigenvalue weighted by atomic mass is 16.5. The van der Waals surface area contributed by atoms with Crippen LogP contribution in [0.5, 0.6) is 17.2 Å². The Hall–Kier alpha value is -5.11. The number of carbonyl (C=O) groups excluding carboxylic acids is 2. The summed E-state index contributed by atoms with van der Waals surface area (Å²) in [4.78, 5) is 41.9. The number of fused-ring (bicyclic) bond motifs is 1. The predicted octanol–water partition coefficient (Wildman–Crippen LogP) is 8.10. The Kier molecular flexibility index (Phi) is 10.8. The fourth-order valence-electron chi connectivity index (χ4n) is 7.18. The van der Waals surface area contributed by atoms with Gasteiger partial charge in [0.05, 0.1) is 7.11 Å². The monoisotopic (exact) mass is 688 g/mol. The Morgan fingerprint density at radius 1 is 0.824 bits per heavy atom. The first-order valence-corrected chi connectivity index (χ1v) is 17.9. The summed E-state index contributed by atoms with van der Waals surface area (Å²) in [5, 5.41) is 13.0. The molecule has 1 unspecified atom stereocenters. The fourth-order valence-corrected chi connectivity index (χ4v) is 7.18. The number of nitrogens with one attached hydrogen (secondary N) is 1. The van der Waals surface area contributed by atoms with E-state index in [1.54, 1.807) is 12.0 Å². The van der Waals surface area contributed by atoms with Gasteiger partial charge in [0.15, 0.2) is 0 Å². The van der Waals surface area contributed by atoms with Crippen LogP contribution in [0.2, 0.25) is 0 Å². The molecule has 0 aromatic heterocycles. The van der Waals surface area contributed by atoms with E-state index >= 15 is 0 Å². The Labute approximate surface area is 300 Å². The molecule has 266 valence electrons. The maximum absolute atomic E-state index is 14.0. The lowest BCUT2D eigenvalue weighted by atomic mass is 9.87. The van der Waals surface area contributed by atoms with Crippen molar-refractivity contribution in [1.82, 2.24) is 10.2 Å². The van der Waals surface area contributed by atoms with Crippen LogP contribution in [-0.4, -0.2) is 47.0 Å². The van der Waals surface area contributed by atoms with Gasteiger partial charge >= 0.3 is 5.97 Å². The molecule has 51 heavy (non-hydrogen) atoms. The summed E-state index contributed by atoms with van der Waals surface area (Å²) in [5.41, 5.74) is 5.90. The van der Waals surface area contributed by atoms with Gasteiger partial charge in [0.25, 0.3) is 0 Å². The van der Waals surface area contributed by atoms with Gasteiger partial charge in [0, 0.05) is 25.8 Å². The second kappa shape index (κ2) is 15.4. The zero-order valence-electron chi connectivity index (χ0n) is 30.0. The van der Waals surface area contributed by atoms with E-state index in [-0.39, 0.29) is 24.3 Å². The summed E-state index contributed by atoms with van der Waals surface area (Å²) in [6.07, 6.45) is 5.04. The largest absolute Gasteiger partial charge is 0.497 e. The van der Waals surface area contributed by atoms with Crippen molar-refractivity contribution in [3.8, 4) is 28.4 Å². The summed E-state index contributed by atoms with van der Waals surface area (Å²) in [6.45, 7) is 6.77. The number of carbonyl (C=O) groups is 3. The number of benzene rings is 4. The van der Waals surface area contributed by atoms with Crippen molar-refractivity contribution in [3.63, 3.8) is 0 Å². The van der Waals surface area contributed by atoms with Crippen molar-refractivity contribution < 1.29 is 29.0 Å². The van der Waals surface area contributed by atoms with Crippen molar-refractivity contribution in [2.75, 3.05) is 7.11 Å². The smallest absolute Gasteiger partial charge is 0.326 e. The number of hydrogen-bond acceptors (Lipinski definition) is 5. The molecular formula is C43H48N2O6. The molecule has 4 aromatic carbocycles. The van der Waals surface area contributed by atoms with E-state index in [0.717, 1.165) is 65.0 Å². The average molecular weight is 689 g/mol. The van der Waals surface area contributed by atoms with E-state index in [4.69, 9.17) is 9.47 Å². The van der Waals surface area contributed by atoms with E-state index in [1.807, 2.05) is 78.9 Å². The highest BCUT2D eigenvalue weighted by Gasteiger charge is 2.37. The minimum absolute atomic E-state index is 0.0378. The molecule has 4 aromatic rings. The molecule has 1 fully saturated rings. The summed E-state index contributed by atoms with van der Waals surface area (Å²) in [5.74, 6) is 0.806. The maximum Gasteiger partial charge on any atom is 0.326 e. The normalized spacial score (nSPS) is 16.6. The van der Waals surface area contributed by atoms with Gasteiger partial charge in [-0.15, -0.1) is 0 Å². The van der Waals surface area contributed by atoms with Crippen molar-refractivity contribution >= 4 is 17.8 Å². The van der Waals surface area contributed by atoms with E-state index in [0.29, 0.717) is 24.5 Å². The summed E-state index contributed by atoms with van der Waals surface area (Å²) in [7, 11) is 1.63. The quantitative estimate of drug-likeness (QED) is 0.165. The standard InChI is InChI=1S/C43H48N2O6/c1-43(2,3)34-16-21-36(22-17-34)51-37-20-15-32-26-39(45(27-33(32)25-37)40(46)24-28-7-5-6-8-28)41(47)44-38(42(48)49)23-29-9-11-30(12-10-29)31-13-18-35(50-4)19-14-31/h9-22,25,28,38-39H,5-8,23-24,26-27H2,1-4H3,(H,44,47)(H,48,49)/t38?,39-/m0/s1. The number of rotatable bonds is 11. The van der Waals surface area contributed by atoms with Crippen LogP contribution in [0.15, 0.2) is 91.0 Å². The first kappa shape index (κ1) is 35.7. The number of amides is 2. The van der Waals surface area contributed by atoms with Gasteiger partial charge in [-0.25, -0.2) is 4.79 Å². The minimum Gasteiger partial charge on any atom is -0.497 e. The highest BCUT2D eigenvalue weighted by molar-refractivity contribution is 5.91. The van der Waals surface area contributed by atoms with E-state index in [1.165, 1.54) is 5.56 Å². The fraction of sp³-hybridized carbons (Fsp3) is 0.372. The van der Waals surface area contributed by atoms with Gasteiger partial charge in [0.1, 0.15) is 29.3 Å². The molecular weight excluding hydrogens is 640 g/mol. The van der Waals surface area contributed by atoms with E-state index in [9.17, 15) is 19.5 Å². The molecule has 8 nitrogen and oxygen atoms in total. The van der Waals surface area contributed by atoms with Gasteiger partial charge in [-0.05, 0) is 94.0 Å². The molecule has 8 heteroatoms. The predicted molar refractivity (Wildman–Crippen MR) is 198 cm³/mol. The topological polar surface area (TPSA) is 105 Å². The Bertz CT molecular complexity index is 1840. The third-order valence-corrected chi connectivity index (χ3v) is 10.3. The van der Waals surface area contributed by atoms with Crippen LogP contribution in [-0.2, 0) is 39.2 Å². The number of methoxy groups -OCH3 is 1. The van der Waals surface area contributed by atoms with E-state index < -0.39 is 24.0 Å². The molecule has 2 amide bonds. The van der Waals surface area contributed by atoms with Crippen LogP contribution in [0.25, 0.3) is 11.1 Å². The number of aliphatic carboxylic acids is 1. The van der Waals surface area contributed by atoms with Crippen molar-refractivity contribution in [2.45, 2.75) is 89.8 Å². The van der Waals surface area contributed by atoms with Gasteiger partial charge in [-0.3, -0.25) is 9.59 Å². The zero-order valence-corrected chi connectivity index (χ0v) is 30.0. The lowest BCUT2D eigenvalue weighted by molar-refractivity contribution is -0.145. The molecule has 1 saturated carbocycles. The first-order chi connectivity index (χ1) is 24.5. The van der Waals surface area contributed by atoms with Gasteiger partial charge in [-0.1, -0.05) is 88.2 Å². The van der Waals surface area contributed by atoms with Crippen molar-refractivity contribution in [3.05, 3.63) is 113 Å². The molecule has 2 atom stereocenters. The van der Waals surface area contributed by atoms with Crippen LogP contribution in [0.1, 0.15) is 75.1 Å². The minimum atomic E-state index is -1.15. The number of hydrogen-bond donors (Lipinski definition) is 2. The number of carboxylic acids is 1. The molecule has 0 spiro atoms. The maximum atomic E-state index is 14.0. The number of ether oxygens (including phenoxy) is 2. The lowest BCUT2D eigenvalue weighted by Crippen LogP contribution is -2.56. The van der Waals surface area contributed by atoms with Gasteiger partial charge in [0.2, 0.25) is 11.8 Å². The van der Waals surface area contributed by atoms with Crippen LogP contribution < -0.4 is 14.8 Å². The number of nitrogens with zero attached hydrogens (tertiary/aromatic N) is 1. The lowest BCUT2D eigenvalue weighted by Gasteiger charge is -2.37. The molecule has 2 aliphatic rings. The SMILES string of the molecule is COc1ccc(-c2ccc(CC(NC(=O)[C@@H]3Cc4ccc(Oc5ccc(C(C)(C)C)cc5)cc4CN3C(=O)CC3CCCC3)C(=O)O)cc2)cc1. The van der Waals surface area contributed by atoms with E-state index in [2.05, 4.69) is 38.2 Å². The first-order valence-electron chi connectivity index (χ1n) is 17.9. The van der Waals surface area contributed by atoms with Crippen molar-refractivity contribution in [1.29, 1.82) is 0 Å². The summed E-state index contributed by atoms with van der Waals surface area (Å²) in [6, 6.07) is 27.3. The summed E-state index contributed by atoms with van der Waals surface area (Å²) < 4.78 is 11.5. The zero-order chi connectivity index (χ0) is 36.1. The third kappa shape index (κ3) is 8.80. The van der Waals surface area contributed by atoms with Crippen LogP contribution in [0.3, 0.4) is 0 Å². The second-order valence-electron chi connectivity index (χ2n) is 14.9. The Morgan fingerprint density at radius 2 is 1.43 bits per heavy atom. The van der Waals surface area contributed by atoms with Crippen LogP contribution in [0.4, 0.5) is 0 Å². The van der Waals surface area contributed by atoms with Crippen LogP contribution >= 0.6 is 0 Å². The Morgan fingerprint density at radius 3 is 2.04 bits per heavy atom. The molecule has 1 heterocycles. The molecule has 0 radical (unpaired) electrons. The van der Waals surface area contributed by atoms with Gasteiger partial charge in [-0.2, -0.15) is 0 Å². The van der Waals surface area contributed by atoms with Crippen molar-refractivity contribution in [2.24, 2.45) is 5.92 Å². The molecule has 1 aliphatic carbocycles. The molecule has 1 aliphatic heterocycles. The second-order valence-corrected chi connectivity index (χ2v) is 14.9. The highest BCUT2D eigenvalue weighted by Crippen LogP contribution is 2.34. The Balaban J connectivity index is 1.18. The molecule has 6 rings (SSSR count). The average Bonchev–Trinajstić information content (AvgIpc) is 3.64. The van der Waals surface area contributed by atoms with Crippen LogP contribution in [0, 0.1) is 5.92 Å². The molecule has 0 saturated heterocycles. The molecule has 2 N–H and O–H groups in total. The molecule has 0 bridgehead atoms.